The number of carbonyl (C=O) groups excluding carboxylic acids is 1. The highest BCUT2D eigenvalue weighted by molar-refractivity contribution is 5.80. The van der Waals surface area contributed by atoms with Crippen LogP contribution in [0.2, 0.25) is 0 Å². The van der Waals surface area contributed by atoms with Gasteiger partial charge in [-0.2, -0.15) is 5.10 Å². The first kappa shape index (κ1) is 27.2. The van der Waals surface area contributed by atoms with Gasteiger partial charge in [-0.05, 0) is 31.4 Å². The van der Waals surface area contributed by atoms with Gasteiger partial charge in [-0.3, -0.25) is 4.79 Å². The Morgan fingerprint density at radius 3 is 2.62 bits per heavy atom. The summed E-state index contributed by atoms with van der Waals surface area (Å²) in [5.41, 5.74) is 3.27. The van der Waals surface area contributed by atoms with E-state index in [0.29, 0.717) is 58.7 Å². The molecular formula is C30H34F2N6O4. The maximum absolute atomic E-state index is 14.2. The molecule has 2 aromatic heterocycles. The number of benzene rings is 1. The van der Waals surface area contributed by atoms with Crippen molar-refractivity contribution in [3.8, 4) is 17.0 Å². The lowest BCUT2D eigenvalue weighted by Crippen LogP contribution is -2.47. The third-order valence-corrected chi connectivity index (χ3v) is 8.55. The minimum absolute atomic E-state index is 0.0639. The molecule has 0 spiro atoms. The van der Waals surface area contributed by atoms with Gasteiger partial charge in [0.15, 0.2) is 17.4 Å². The van der Waals surface area contributed by atoms with Gasteiger partial charge in [-0.15, -0.1) is 0 Å². The Morgan fingerprint density at radius 1 is 1.02 bits per heavy atom. The van der Waals surface area contributed by atoms with Crippen LogP contribution < -0.4 is 9.64 Å². The van der Waals surface area contributed by atoms with Crippen molar-refractivity contribution < 1.29 is 27.8 Å². The number of fused-ring (bicyclic) bond motifs is 1. The number of nitrogens with zero attached hydrogens (tertiary/aromatic N) is 6. The van der Waals surface area contributed by atoms with E-state index >= 15 is 0 Å². The van der Waals surface area contributed by atoms with Crippen molar-refractivity contribution in [1.82, 2.24) is 24.6 Å². The average Bonchev–Trinajstić information content (AvgIpc) is 3.48. The van der Waals surface area contributed by atoms with Gasteiger partial charge in [-0.1, -0.05) is 0 Å². The molecule has 0 radical (unpaired) electrons. The second-order valence-corrected chi connectivity index (χ2v) is 11.4. The summed E-state index contributed by atoms with van der Waals surface area (Å²) in [6.45, 7) is 3.98. The standard InChI is InChI=1S/C30H34F2N6O4/c31-21-4-5-26(23(32)13-21)42-22-6-9-36(10-7-22)29-28(19-14-33-38(15-19)27-3-1-2-12-41-27)34-25-16-37(11-8-24(25)35-29)30(39)20-17-40-18-20/h4-5,13-15,20,22,27H,1-3,6-12,16-18H2. The van der Waals surface area contributed by atoms with Crippen molar-refractivity contribution in [2.45, 2.75) is 57.4 Å². The smallest absolute Gasteiger partial charge is 0.230 e. The van der Waals surface area contributed by atoms with Crippen molar-refractivity contribution >= 4 is 11.7 Å². The van der Waals surface area contributed by atoms with Crippen molar-refractivity contribution in [1.29, 1.82) is 0 Å². The van der Waals surface area contributed by atoms with E-state index in [2.05, 4.69) is 10.00 Å². The topological polar surface area (TPSA) is 94.8 Å². The van der Waals surface area contributed by atoms with E-state index in [1.54, 1.807) is 0 Å². The fourth-order valence-corrected chi connectivity index (χ4v) is 6.05. The molecule has 1 unspecified atom stereocenters. The first-order chi connectivity index (χ1) is 20.5. The molecule has 1 atom stereocenters. The summed E-state index contributed by atoms with van der Waals surface area (Å²) >= 11 is 0. The second kappa shape index (κ2) is 11.6. The molecule has 6 heterocycles. The van der Waals surface area contributed by atoms with Gasteiger partial charge in [0.1, 0.15) is 23.8 Å². The average molecular weight is 581 g/mol. The number of piperidine rings is 1. The van der Waals surface area contributed by atoms with E-state index in [0.717, 1.165) is 60.4 Å². The van der Waals surface area contributed by atoms with E-state index in [1.807, 2.05) is 22.0 Å². The van der Waals surface area contributed by atoms with E-state index < -0.39 is 11.6 Å². The number of hydrogen-bond acceptors (Lipinski definition) is 8. The highest BCUT2D eigenvalue weighted by atomic mass is 19.1. The van der Waals surface area contributed by atoms with Crippen LogP contribution in [-0.2, 0) is 27.2 Å². The number of carbonyl (C=O) groups is 1. The van der Waals surface area contributed by atoms with Gasteiger partial charge in [-0.25, -0.2) is 23.4 Å². The lowest BCUT2D eigenvalue weighted by Gasteiger charge is -2.36. The van der Waals surface area contributed by atoms with E-state index in [1.165, 1.54) is 12.1 Å². The molecule has 12 heteroatoms. The van der Waals surface area contributed by atoms with Crippen LogP contribution in [0, 0.1) is 17.6 Å². The molecule has 4 aliphatic heterocycles. The monoisotopic (exact) mass is 580 g/mol. The zero-order valence-corrected chi connectivity index (χ0v) is 23.4. The predicted octanol–water partition coefficient (Wildman–Crippen LogP) is 3.90. The largest absolute Gasteiger partial charge is 0.487 e. The summed E-state index contributed by atoms with van der Waals surface area (Å²) in [5, 5.41) is 4.62. The van der Waals surface area contributed by atoms with Gasteiger partial charge in [0.25, 0.3) is 0 Å². The molecule has 3 aromatic rings. The first-order valence-corrected chi connectivity index (χ1v) is 14.8. The van der Waals surface area contributed by atoms with Crippen LogP contribution in [0.15, 0.2) is 30.6 Å². The normalized spacial score (nSPS) is 21.6. The molecule has 4 aliphatic rings. The molecule has 0 aliphatic carbocycles. The molecular weight excluding hydrogens is 546 g/mol. The number of halogens is 2. The maximum Gasteiger partial charge on any atom is 0.230 e. The molecule has 7 rings (SSSR count). The molecule has 3 fully saturated rings. The van der Waals surface area contributed by atoms with Crippen LogP contribution in [-0.4, -0.2) is 76.1 Å². The van der Waals surface area contributed by atoms with Crippen LogP contribution >= 0.6 is 0 Å². The lowest BCUT2D eigenvalue weighted by atomic mass is 10.0. The summed E-state index contributed by atoms with van der Waals surface area (Å²) in [6.07, 6.45) is 8.48. The third-order valence-electron chi connectivity index (χ3n) is 8.55. The Morgan fingerprint density at radius 2 is 1.88 bits per heavy atom. The quantitative estimate of drug-likeness (QED) is 0.434. The molecule has 0 N–H and O–H groups in total. The first-order valence-electron chi connectivity index (χ1n) is 14.8. The van der Waals surface area contributed by atoms with Crippen LogP contribution in [0.4, 0.5) is 14.6 Å². The Balaban J connectivity index is 1.14. The molecule has 222 valence electrons. The van der Waals surface area contributed by atoms with Crippen molar-refractivity contribution in [3.63, 3.8) is 0 Å². The van der Waals surface area contributed by atoms with Crippen molar-refractivity contribution in [2.24, 2.45) is 5.92 Å². The second-order valence-electron chi connectivity index (χ2n) is 11.4. The van der Waals surface area contributed by atoms with E-state index in [9.17, 15) is 13.6 Å². The highest BCUT2D eigenvalue weighted by Crippen LogP contribution is 2.34. The molecule has 1 amide bonds. The van der Waals surface area contributed by atoms with Gasteiger partial charge in [0.05, 0.1) is 43.3 Å². The van der Waals surface area contributed by atoms with E-state index in [4.69, 9.17) is 24.2 Å². The van der Waals surface area contributed by atoms with Crippen LogP contribution in [0.1, 0.15) is 49.7 Å². The SMILES string of the molecule is O=C(C1COC1)N1CCc2nc(N3CCC(Oc4ccc(F)cc4F)CC3)c(-c3cnn(C4CCCCO4)c3)nc2C1. The molecule has 3 saturated heterocycles. The predicted molar refractivity (Wildman–Crippen MR) is 148 cm³/mol. The Hall–Kier alpha value is -3.64. The minimum Gasteiger partial charge on any atom is -0.487 e. The Bertz CT molecular complexity index is 1450. The zero-order chi connectivity index (χ0) is 28.6. The summed E-state index contributed by atoms with van der Waals surface area (Å²) in [5.74, 6) is -0.446. The number of anilines is 1. The number of hydrogen-bond donors (Lipinski definition) is 0. The molecule has 42 heavy (non-hydrogen) atoms. The number of rotatable bonds is 6. The molecule has 1 aromatic carbocycles. The number of aromatic nitrogens is 4. The molecule has 0 bridgehead atoms. The van der Waals surface area contributed by atoms with Gasteiger partial charge < -0.3 is 24.0 Å². The van der Waals surface area contributed by atoms with Crippen molar-refractivity contribution in [2.75, 3.05) is 44.4 Å². The van der Waals surface area contributed by atoms with Gasteiger partial charge in [0, 0.05) is 63.3 Å². The summed E-state index contributed by atoms with van der Waals surface area (Å²) in [4.78, 5) is 27.3. The summed E-state index contributed by atoms with van der Waals surface area (Å²) < 4.78 is 46.5. The van der Waals surface area contributed by atoms with Crippen molar-refractivity contribution in [3.05, 3.63) is 53.6 Å². The fraction of sp³-hybridized carbons (Fsp3) is 0.533. The van der Waals surface area contributed by atoms with Gasteiger partial charge in [0.2, 0.25) is 5.91 Å². The van der Waals surface area contributed by atoms with Crippen LogP contribution in [0.3, 0.4) is 0 Å². The van der Waals surface area contributed by atoms with Gasteiger partial charge >= 0.3 is 0 Å². The lowest BCUT2D eigenvalue weighted by molar-refractivity contribution is -0.150. The number of ether oxygens (including phenoxy) is 3. The third kappa shape index (κ3) is 5.45. The van der Waals surface area contributed by atoms with Crippen LogP contribution in [0.25, 0.3) is 11.3 Å². The summed E-state index contributed by atoms with van der Waals surface area (Å²) in [6, 6.07) is 3.38. The minimum atomic E-state index is -0.698. The fourth-order valence-electron chi connectivity index (χ4n) is 6.05. The Kier molecular flexibility index (Phi) is 7.49. The number of amides is 1. The zero-order valence-electron chi connectivity index (χ0n) is 23.4. The molecule has 10 nitrogen and oxygen atoms in total. The maximum atomic E-state index is 14.2. The summed E-state index contributed by atoms with van der Waals surface area (Å²) in [7, 11) is 0. The Labute approximate surface area is 242 Å². The highest BCUT2D eigenvalue weighted by Gasteiger charge is 2.34. The molecule has 0 saturated carbocycles. The van der Waals surface area contributed by atoms with E-state index in [-0.39, 0.29) is 29.9 Å². The van der Waals surface area contributed by atoms with Crippen LogP contribution in [0.5, 0.6) is 5.75 Å².